The van der Waals surface area contributed by atoms with Crippen LogP contribution in [-0.2, 0) is 20.9 Å². The van der Waals surface area contributed by atoms with Crippen molar-refractivity contribution >= 4 is 11.9 Å². The van der Waals surface area contributed by atoms with Crippen LogP contribution in [0.15, 0.2) is 18.3 Å². The number of likely N-dealkylation sites (tertiary alicyclic amines) is 1. The summed E-state index contributed by atoms with van der Waals surface area (Å²) in [5.41, 5.74) is 1.12. The largest absolute Gasteiger partial charge is 0.490 e. The third-order valence-corrected chi connectivity index (χ3v) is 5.14. The summed E-state index contributed by atoms with van der Waals surface area (Å²) in [7, 11) is 1.66. The number of carboxylic acid groups (broad SMARTS) is 2. The Kier molecular flexibility index (Phi) is 9.80. The molecule has 3 N–H and O–H groups in total. The van der Waals surface area contributed by atoms with Crippen molar-refractivity contribution in [3.8, 4) is 5.88 Å². The summed E-state index contributed by atoms with van der Waals surface area (Å²) in [4.78, 5) is 28.9. The summed E-state index contributed by atoms with van der Waals surface area (Å²) in [5, 5.41) is 21.4. The second kappa shape index (κ2) is 12.2. The molecule has 0 aliphatic carbocycles. The highest BCUT2D eigenvalue weighted by molar-refractivity contribution is 5.73. The molecule has 2 aromatic heterocycles. The number of ether oxygens (including phenoxy) is 2. The second-order valence-electron chi connectivity index (χ2n) is 7.91. The number of aromatic nitrogens is 4. The number of alkyl halides is 6. The van der Waals surface area contributed by atoms with Crippen molar-refractivity contribution in [2.45, 2.75) is 44.4 Å². The topological polar surface area (TPSA) is 151 Å². The molecule has 0 spiro atoms. The molecule has 0 unspecified atom stereocenters. The summed E-state index contributed by atoms with van der Waals surface area (Å²) >= 11 is 0. The lowest BCUT2D eigenvalue weighted by Crippen LogP contribution is -2.24. The molecule has 17 heteroatoms. The first kappa shape index (κ1) is 29.8. The first-order valence-corrected chi connectivity index (χ1v) is 10.5. The molecule has 2 saturated heterocycles. The number of halogens is 6. The number of carbonyl (C=O) groups is 2. The van der Waals surface area contributed by atoms with Crippen molar-refractivity contribution < 1.29 is 55.6 Å². The van der Waals surface area contributed by atoms with Crippen molar-refractivity contribution in [3.05, 3.63) is 35.5 Å². The SMILES string of the molecule is COc1ncccc1CN1C[C@@H]2C[C@@H](c3n[nH]c(C)n3)O[C@@H]2C1.O=C(O)C(F)(F)F.O=C(O)C(F)(F)F. The molecule has 2 aliphatic rings. The van der Waals surface area contributed by atoms with E-state index < -0.39 is 24.3 Å². The van der Waals surface area contributed by atoms with Crippen LogP contribution in [0.3, 0.4) is 0 Å². The van der Waals surface area contributed by atoms with Gasteiger partial charge in [0.15, 0.2) is 5.82 Å². The molecule has 0 aromatic carbocycles. The third-order valence-electron chi connectivity index (χ3n) is 5.14. The van der Waals surface area contributed by atoms with Gasteiger partial charge in [0, 0.05) is 37.3 Å². The molecule has 0 saturated carbocycles. The van der Waals surface area contributed by atoms with E-state index in [2.05, 4.69) is 31.1 Å². The van der Waals surface area contributed by atoms with Gasteiger partial charge >= 0.3 is 24.3 Å². The number of methoxy groups -OCH3 is 1. The lowest BCUT2D eigenvalue weighted by molar-refractivity contribution is -0.193. The molecule has 11 nitrogen and oxygen atoms in total. The highest BCUT2D eigenvalue weighted by atomic mass is 19.4. The van der Waals surface area contributed by atoms with Gasteiger partial charge < -0.3 is 19.7 Å². The van der Waals surface area contributed by atoms with Crippen LogP contribution in [0.25, 0.3) is 0 Å². The van der Waals surface area contributed by atoms with Crippen molar-refractivity contribution in [1.29, 1.82) is 0 Å². The van der Waals surface area contributed by atoms with Gasteiger partial charge in [-0.2, -0.15) is 31.4 Å². The molecule has 0 amide bonds. The second-order valence-corrected chi connectivity index (χ2v) is 7.91. The smallest absolute Gasteiger partial charge is 0.481 e. The zero-order valence-corrected chi connectivity index (χ0v) is 19.4. The van der Waals surface area contributed by atoms with Crippen LogP contribution < -0.4 is 4.74 Å². The number of hydrogen-bond donors (Lipinski definition) is 3. The maximum Gasteiger partial charge on any atom is 0.490 e. The summed E-state index contributed by atoms with van der Waals surface area (Å²) in [6.45, 7) is 4.72. The number of nitrogens with zero attached hydrogens (tertiary/aromatic N) is 4. The molecule has 2 fully saturated rings. The highest BCUT2D eigenvalue weighted by Gasteiger charge is 2.43. The van der Waals surface area contributed by atoms with E-state index in [1.807, 2.05) is 13.0 Å². The Morgan fingerprint density at radius 2 is 1.76 bits per heavy atom. The fraction of sp³-hybridized carbons (Fsp3) is 0.550. The fourth-order valence-electron chi connectivity index (χ4n) is 3.62. The normalized spacial score (nSPS) is 21.2. The summed E-state index contributed by atoms with van der Waals surface area (Å²) in [6, 6.07) is 4.02. The zero-order chi connectivity index (χ0) is 28.0. The third kappa shape index (κ3) is 8.85. The predicted molar refractivity (Wildman–Crippen MR) is 110 cm³/mol. The molecule has 0 radical (unpaired) electrons. The predicted octanol–water partition coefficient (Wildman–Crippen LogP) is 2.75. The Balaban J connectivity index is 0.000000286. The molecule has 0 bridgehead atoms. The van der Waals surface area contributed by atoms with Crippen molar-refractivity contribution in [1.82, 2.24) is 25.1 Å². The van der Waals surface area contributed by atoms with Gasteiger partial charge in [-0.05, 0) is 19.4 Å². The summed E-state index contributed by atoms with van der Waals surface area (Å²) < 4.78 is 75.0. The van der Waals surface area contributed by atoms with Crippen LogP contribution in [0.1, 0.15) is 29.7 Å². The Labute approximate surface area is 205 Å². The number of H-pyrrole nitrogens is 1. The van der Waals surface area contributed by atoms with Gasteiger partial charge in [0.25, 0.3) is 0 Å². The Hall–Kier alpha value is -3.47. The number of aliphatic carboxylic acids is 2. The first-order valence-electron chi connectivity index (χ1n) is 10.5. The van der Waals surface area contributed by atoms with Crippen LogP contribution in [0, 0.1) is 12.8 Å². The number of fused-ring (bicyclic) bond motifs is 1. The van der Waals surface area contributed by atoms with Crippen molar-refractivity contribution in [2.24, 2.45) is 5.92 Å². The molecule has 2 aliphatic heterocycles. The number of aromatic amines is 1. The van der Waals surface area contributed by atoms with Crippen LogP contribution >= 0.6 is 0 Å². The highest BCUT2D eigenvalue weighted by Crippen LogP contribution is 2.40. The van der Waals surface area contributed by atoms with E-state index >= 15 is 0 Å². The van der Waals surface area contributed by atoms with E-state index in [-0.39, 0.29) is 12.2 Å². The quantitative estimate of drug-likeness (QED) is 0.491. The van der Waals surface area contributed by atoms with Crippen molar-refractivity contribution in [3.63, 3.8) is 0 Å². The van der Waals surface area contributed by atoms with Gasteiger partial charge in [-0.3, -0.25) is 10.00 Å². The zero-order valence-electron chi connectivity index (χ0n) is 19.4. The number of rotatable bonds is 4. The number of carboxylic acids is 2. The Morgan fingerprint density at radius 3 is 2.22 bits per heavy atom. The number of aryl methyl sites for hydroxylation is 1. The molecule has 4 heterocycles. The van der Waals surface area contributed by atoms with Crippen LogP contribution in [-0.4, -0.2) is 85.9 Å². The van der Waals surface area contributed by atoms with Crippen LogP contribution in [0.4, 0.5) is 26.3 Å². The van der Waals surface area contributed by atoms with Crippen molar-refractivity contribution in [2.75, 3.05) is 20.2 Å². The monoisotopic (exact) mass is 543 g/mol. The maximum absolute atomic E-state index is 10.6. The molecule has 2 aromatic rings. The minimum atomic E-state index is -5.08. The average molecular weight is 543 g/mol. The van der Waals surface area contributed by atoms with E-state index in [4.69, 9.17) is 29.3 Å². The molecular weight excluding hydrogens is 520 g/mol. The maximum atomic E-state index is 10.6. The minimum absolute atomic E-state index is 0.0324. The van der Waals surface area contributed by atoms with E-state index in [1.54, 1.807) is 13.3 Å². The van der Waals surface area contributed by atoms with Gasteiger partial charge in [0.05, 0.1) is 13.2 Å². The van der Waals surface area contributed by atoms with Gasteiger partial charge in [0.1, 0.15) is 11.9 Å². The van der Waals surface area contributed by atoms with E-state index in [0.717, 1.165) is 43.3 Å². The van der Waals surface area contributed by atoms with E-state index in [0.29, 0.717) is 11.8 Å². The Bertz CT molecular complexity index is 1020. The first-order chi connectivity index (χ1) is 17.1. The molecule has 4 rings (SSSR count). The number of pyridine rings is 1. The number of hydrogen-bond acceptors (Lipinski definition) is 8. The number of nitrogens with one attached hydrogen (secondary N) is 1. The van der Waals surface area contributed by atoms with Crippen LogP contribution in [0.5, 0.6) is 5.88 Å². The van der Waals surface area contributed by atoms with E-state index in [9.17, 15) is 26.3 Å². The molecule has 3 atom stereocenters. The fourth-order valence-corrected chi connectivity index (χ4v) is 3.62. The van der Waals surface area contributed by atoms with Gasteiger partial charge in [-0.15, -0.1) is 0 Å². The standard InChI is InChI=1S/C16H21N5O2.2C2HF3O2/c1-10-18-15(20-19-10)13-6-12-8-21(9-14(12)23-13)7-11-4-3-5-17-16(11)22-2;2*3-2(4,5)1(6)7/h3-5,12-14H,6-9H2,1-2H3,(H,18,19,20);2*(H,6,7)/t12-,13-,14+;;/m0../s1. The summed E-state index contributed by atoms with van der Waals surface area (Å²) in [6.07, 6.45) is -7.12. The Morgan fingerprint density at radius 1 is 1.16 bits per heavy atom. The summed E-state index contributed by atoms with van der Waals surface area (Å²) in [5.74, 6) is -2.63. The van der Waals surface area contributed by atoms with E-state index in [1.165, 1.54) is 0 Å². The van der Waals surface area contributed by atoms with Gasteiger partial charge in [-0.25, -0.2) is 19.6 Å². The molecular formula is C20H23F6N5O6. The van der Waals surface area contributed by atoms with Crippen LogP contribution in [0.2, 0.25) is 0 Å². The lowest BCUT2D eigenvalue weighted by atomic mass is 10.0. The van der Waals surface area contributed by atoms with Gasteiger partial charge in [0.2, 0.25) is 5.88 Å². The minimum Gasteiger partial charge on any atom is -0.481 e. The molecule has 37 heavy (non-hydrogen) atoms. The molecule has 206 valence electrons. The average Bonchev–Trinajstić information content (AvgIpc) is 3.48. The van der Waals surface area contributed by atoms with Gasteiger partial charge in [-0.1, -0.05) is 6.07 Å². The lowest BCUT2D eigenvalue weighted by Gasteiger charge is -2.19.